The molecule has 2 aliphatic heterocycles. The van der Waals surface area contributed by atoms with E-state index in [4.69, 9.17) is 9.26 Å². The van der Waals surface area contributed by atoms with E-state index in [0.717, 1.165) is 37.9 Å². The van der Waals surface area contributed by atoms with Gasteiger partial charge in [-0.1, -0.05) is 5.16 Å². The van der Waals surface area contributed by atoms with E-state index >= 15 is 0 Å². The van der Waals surface area contributed by atoms with Crippen molar-refractivity contribution in [2.75, 3.05) is 26.7 Å². The molecule has 28 heavy (non-hydrogen) atoms. The molecule has 4 heterocycles. The molecule has 0 radical (unpaired) electrons. The molecule has 0 saturated carbocycles. The summed E-state index contributed by atoms with van der Waals surface area (Å²) in [5.41, 5.74) is 0.539. The SMILES string of the molecule is CN(Cc1nc(-c2cccnc2)no1)CC1CC2(CCNCC2)C(=O)O1.Cl.Cl. The van der Waals surface area contributed by atoms with Crippen LogP contribution in [0.3, 0.4) is 0 Å². The van der Waals surface area contributed by atoms with Crippen LogP contribution in [0, 0.1) is 5.41 Å². The van der Waals surface area contributed by atoms with Crippen molar-refractivity contribution in [1.82, 2.24) is 25.3 Å². The first-order valence-electron chi connectivity index (χ1n) is 8.98. The lowest BCUT2D eigenvalue weighted by Gasteiger charge is -2.29. The maximum Gasteiger partial charge on any atom is 0.312 e. The van der Waals surface area contributed by atoms with Crippen molar-refractivity contribution in [1.29, 1.82) is 0 Å². The Labute approximate surface area is 176 Å². The Morgan fingerprint density at radius 2 is 2.11 bits per heavy atom. The quantitative estimate of drug-likeness (QED) is 0.721. The van der Waals surface area contributed by atoms with Crippen molar-refractivity contribution >= 4 is 30.8 Å². The number of carbonyl (C=O) groups is 1. The number of likely N-dealkylation sites (N-methyl/N-ethyl adjacent to an activating group) is 1. The summed E-state index contributed by atoms with van der Waals surface area (Å²) < 4.78 is 11.0. The Morgan fingerprint density at radius 3 is 2.82 bits per heavy atom. The molecule has 0 amide bonds. The highest BCUT2D eigenvalue weighted by atomic mass is 35.5. The van der Waals surface area contributed by atoms with E-state index in [0.29, 0.717) is 24.8 Å². The lowest BCUT2D eigenvalue weighted by Crippen LogP contribution is -2.39. The summed E-state index contributed by atoms with van der Waals surface area (Å²) >= 11 is 0. The van der Waals surface area contributed by atoms with Gasteiger partial charge in [-0.15, -0.1) is 24.8 Å². The second-order valence-electron chi connectivity index (χ2n) is 7.21. The average Bonchev–Trinajstić information content (AvgIpc) is 3.22. The monoisotopic (exact) mass is 429 g/mol. The summed E-state index contributed by atoms with van der Waals surface area (Å²) in [6, 6.07) is 3.73. The third-order valence-corrected chi connectivity index (χ3v) is 5.19. The largest absolute Gasteiger partial charge is 0.461 e. The average molecular weight is 430 g/mol. The van der Waals surface area contributed by atoms with Crippen LogP contribution >= 0.6 is 24.8 Å². The number of halogens is 2. The smallest absolute Gasteiger partial charge is 0.312 e. The number of esters is 1. The minimum absolute atomic E-state index is 0. The van der Waals surface area contributed by atoms with Crippen molar-refractivity contribution < 1.29 is 14.1 Å². The van der Waals surface area contributed by atoms with Crippen molar-refractivity contribution in [3.05, 3.63) is 30.4 Å². The van der Waals surface area contributed by atoms with E-state index < -0.39 is 0 Å². The van der Waals surface area contributed by atoms with Gasteiger partial charge in [-0.3, -0.25) is 14.7 Å². The van der Waals surface area contributed by atoms with Gasteiger partial charge in [-0.25, -0.2) is 0 Å². The molecule has 1 N–H and O–H groups in total. The molecule has 4 rings (SSSR count). The van der Waals surface area contributed by atoms with Crippen molar-refractivity contribution in [2.24, 2.45) is 5.41 Å². The molecule has 1 atom stereocenters. The number of aromatic nitrogens is 3. The van der Waals surface area contributed by atoms with Crippen molar-refractivity contribution in [3.63, 3.8) is 0 Å². The minimum Gasteiger partial charge on any atom is -0.461 e. The highest BCUT2D eigenvalue weighted by molar-refractivity contribution is 5.85. The molecule has 2 saturated heterocycles. The van der Waals surface area contributed by atoms with Crippen LogP contribution in [0.1, 0.15) is 25.2 Å². The lowest BCUT2D eigenvalue weighted by molar-refractivity contribution is -0.150. The van der Waals surface area contributed by atoms with Crippen LogP contribution in [0.15, 0.2) is 29.0 Å². The highest BCUT2D eigenvalue weighted by Crippen LogP contribution is 2.41. The van der Waals surface area contributed by atoms with Crippen LogP contribution in [0.4, 0.5) is 0 Å². The highest BCUT2D eigenvalue weighted by Gasteiger charge is 2.49. The molecular formula is C18H25Cl2N5O3. The zero-order valence-electron chi connectivity index (χ0n) is 15.7. The van der Waals surface area contributed by atoms with E-state index in [1.54, 1.807) is 12.4 Å². The molecule has 1 spiro atoms. The number of hydrogen-bond donors (Lipinski definition) is 1. The number of cyclic esters (lactones) is 1. The summed E-state index contributed by atoms with van der Waals surface area (Å²) in [7, 11) is 1.97. The molecule has 2 aliphatic rings. The number of rotatable bonds is 5. The Balaban J connectivity index is 0.00000140. The number of hydrogen-bond acceptors (Lipinski definition) is 8. The molecule has 2 fully saturated rings. The fourth-order valence-corrected chi connectivity index (χ4v) is 3.83. The lowest BCUT2D eigenvalue weighted by atomic mass is 9.76. The minimum atomic E-state index is -0.283. The summed E-state index contributed by atoms with van der Waals surface area (Å²) in [6.45, 7) is 2.94. The van der Waals surface area contributed by atoms with E-state index in [9.17, 15) is 4.79 Å². The standard InChI is InChI=1S/C18H23N5O3.2ClH/c1-23(11-14-9-18(17(24)25-14)4-7-19-8-5-18)12-15-21-16(22-26-15)13-3-2-6-20-10-13;;/h2-3,6,10,14,19H,4-5,7-9,11-12H2,1H3;2*1H. The van der Waals surface area contributed by atoms with Crippen molar-refractivity contribution in [3.8, 4) is 11.4 Å². The number of pyridine rings is 1. The van der Waals surface area contributed by atoms with Gasteiger partial charge in [-0.2, -0.15) is 4.98 Å². The topological polar surface area (TPSA) is 93.4 Å². The molecule has 8 nitrogen and oxygen atoms in total. The fourth-order valence-electron chi connectivity index (χ4n) is 3.83. The van der Waals surface area contributed by atoms with Crippen LogP contribution in [0.5, 0.6) is 0 Å². The predicted octanol–water partition coefficient (Wildman–Crippen LogP) is 2.09. The summed E-state index contributed by atoms with van der Waals surface area (Å²) in [6.07, 6.45) is 5.86. The summed E-state index contributed by atoms with van der Waals surface area (Å²) in [4.78, 5) is 22.9. The van der Waals surface area contributed by atoms with Gasteiger partial charge in [0.25, 0.3) is 0 Å². The molecule has 2 aromatic rings. The van der Waals surface area contributed by atoms with Gasteiger partial charge >= 0.3 is 5.97 Å². The van der Waals surface area contributed by atoms with Crippen LogP contribution in [0.2, 0.25) is 0 Å². The van der Waals surface area contributed by atoms with Crippen LogP contribution in [-0.2, 0) is 16.1 Å². The summed E-state index contributed by atoms with van der Waals surface area (Å²) in [5.74, 6) is 1.03. The normalized spacial score (nSPS) is 20.5. The van der Waals surface area contributed by atoms with Crippen LogP contribution in [-0.4, -0.2) is 58.8 Å². The first kappa shape index (κ1) is 22.5. The van der Waals surface area contributed by atoms with Gasteiger partial charge in [0.05, 0.1) is 12.0 Å². The van der Waals surface area contributed by atoms with Crippen molar-refractivity contribution in [2.45, 2.75) is 31.9 Å². The summed E-state index contributed by atoms with van der Waals surface area (Å²) in [5, 5.41) is 7.32. The Bertz CT molecular complexity index is 768. The van der Waals surface area contributed by atoms with Crippen LogP contribution < -0.4 is 5.32 Å². The second-order valence-corrected chi connectivity index (χ2v) is 7.21. The molecule has 154 valence electrons. The molecule has 10 heteroatoms. The van der Waals surface area contributed by atoms with Gasteiger partial charge < -0.3 is 14.6 Å². The van der Waals surface area contributed by atoms with E-state index in [-0.39, 0.29) is 42.3 Å². The zero-order valence-corrected chi connectivity index (χ0v) is 17.3. The Hall–Kier alpha value is -1.74. The molecule has 0 bridgehead atoms. The number of ether oxygens (including phenoxy) is 1. The maximum absolute atomic E-state index is 12.3. The zero-order chi connectivity index (χ0) is 18.0. The first-order valence-corrected chi connectivity index (χ1v) is 8.98. The third kappa shape index (κ3) is 4.81. The van der Waals surface area contributed by atoms with Crippen LogP contribution in [0.25, 0.3) is 11.4 Å². The molecular weight excluding hydrogens is 405 g/mol. The van der Waals surface area contributed by atoms with E-state index in [2.05, 4.69) is 25.3 Å². The van der Waals surface area contributed by atoms with Gasteiger partial charge in [-0.05, 0) is 45.1 Å². The third-order valence-electron chi connectivity index (χ3n) is 5.19. The predicted molar refractivity (Wildman–Crippen MR) is 107 cm³/mol. The van der Waals surface area contributed by atoms with Gasteiger partial charge in [0.1, 0.15) is 6.10 Å². The molecule has 2 aromatic heterocycles. The number of piperidine rings is 1. The van der Waals surface area contributed by atoms with Gasteiger partial charge in [0.15, 0.2) is 0 Å². The molecule has 0 aromatic carbocycles. The number of carbonyl (C=O) groups excluding carboxylic acids is 1. The Kier molecular flexibility index (Phi) is 7.77. The van der Waals surface area contributed by atoms with E-state index in [1.165, 1.54) is 0 Å². The number of nitrogens with one attached hydrogen (secondary N) is 1. The molecule has 0 aliphatic carbocycles. The number of nitrogens with zero attached hydrogens (tertiary/aromatic N) is 4. The first-order chi connectivity index (χ1) is 12.6. The fraction of sp³-hybridized carbons (Fsp3) is 0.556. The van der Waals surface area contributed by atoms with Gasteiger partial charge in [0.2, 0.25) is 11.7 Å². The molecule has 1 unspecified atom stereocenters. The second kappa shape index (κ2) is 9.65. The van der Waals surface area contributed by atoms with E-state index in [1.807, 2.05) is 19.2 Å². The maximum atomic E-state index is 12.3. The Morgan fingerprint density at radius 1 is 1.32 bits per heavy atom. The van der Waals surface area contributed by atoms with Gasteiger partial charge in [0, 0.05) is 30.9 Å².